The third-order valence-electron chi connectivity index (χ3n) is 4.66. The predicted octanol–water partition coefficient (Wildman–Crippen LogP) is 4.08. The third-order valence-corrected chi connectivity index (χ3v) is 5.70. The van der Waals surface area contributed by atoms with Crippen LogP contribution in [0.4, 0.5) is 0 Å². The van der Waals surface area contributed by atoms with E-state index in [0.29, 0.717) is 5.92 Å². The highest BCUT2D eigenvalue weighted by Crippen LogP contribution is 2.27. The van der Waals surface area contributed by atoms with Gasteiger partial charge in [0.05, 0.1) is 10.7 Å². The van der Waals surface area contributed by atoms with Crippen molar-refractivity contribution in [2.75, 3.05) is 13.1 Å². The van der Waals surface area contributed by atoms with Gasteiger partial charge in [-0.15, -0.1) is 11.3 Å². The lowest BCUT2D eigenvalue weighted by molar-refractivity contribution is 0.193. The summed E-state index contributed by atoms with van der Waals surface area (Å²) in [7, 11) is 0. The summed E-state index contributed by atoms with van der Waals surface area (Å²) in [5.74, 6) is 1.86. The Morgan fingerprint density at radius 3 is 3.04 bits per heavy atom. The monoisotopic (exact) mass is 332 g/mol. The molecule has 23 heavy (non-hydrogen) atoms. The molecular formula is C18H28N4S. The molecule has 0 saturated carbocycles. The first-order valence-electron chi connectivity index (χ1n) is 8.96. The van der Waals surface area contributed by atoms with Crippen molar-refractivity contribution in [3.05, 3.63) is 34.3 Å². The maximum absolute atomic E-state index is 4.72. The van der Waals surface area contributed by atoms with Crippen LogP contribution in [-0.4, -0.2) is 32.5 Å². The summed E-state index contributed by atoms with van der Waals surface area (Å²) in [6, 6.07) is 0. The van der Waals surface area contributed by atoms with E-state index in [0.717, 1.165) is 26.1 Å². The Hall–Kier alpha value is -1.20. The molecule has 1 aliphatic rings. The summed E-state index contributed by atoms with van der Waals surface area (Å²) >= 11 is 1.79. The molecule has 126 valence electrons. The lowest BCUT2D eigenvalue weighted by atomic mass is 9.97. The molecular weight excluding hydrogens is 304 g/mol. The Labute approximate surface area is 143 Å². The van der Waals surface area contributed by atoms with E-state index in [4.69, 9.17) is 4.98 Å². The van der Waals surface area contributed by atoms with Crippen LogP contribution in [0.1, 0.15) is 62.0 Å². The second kappa shape index (κ2) is 8.06. The van der Waals surface area contributed by atoms with E-state index in [1.165, 1.54) is 48.8 Å². The summed E-state index contributed by atoms with van der Waals surface area (Å²) in [6.07, 6.45) is 10.2. The van der Waals surface area contributed by atoms with Crippen LogP contribution in [-0.2, 0) is 19.5 Å². The van der Waals surface area contributed by atoms with Crippen molar-refractivity contribution in [1.29, 1.82) is 0 Å². The van der Waals surface area contributed by atoms with Crippen LogP contribution in [0.25, 0.3) is 0 Å². The Morgan fingerprint density at radius 1 is 1.35 bits per heavy atom. The van der Waals surface area contributed by atoms with Gasteiger partial charge in [0.2, 0.25) is 0 Å². The Balaban J connectivity index is 1.62. The first kappa shape index (κ1) is 16.7. The lowest BCUT2D eigenvalue weighted by Gasteiger charge is -2.32. The van der Waals surface area contributed by atoms with Gasteiger partial charge in [0.25, 0.3) is 0 Å². The first-order valence-corrected chi connectivity index (χ1v) is 9.84. The number of piperidine rings is 1. The first-order chi connectivity index (χ1) is 11.3. The largest absolute Gasteiger partial charge is 0.335 e. The standard InChI is InChI=1S/C18H28N4S/c1-3-5-10-22-11-8-19-18(22)15-7-6-9-21(12-15)13-16-14-23-17(4-2)20-16/h8,11,14-15H,3-7,9-10,12-13H2,1-2H3/t15-/m0/s1. The normalized spacial score (nSPS) is 19.3. The molecule has 2 aromatic rings. The average molecular weight is 333 g/mol. The summed E-state index contributed by atoms with van der Waals surface area (Å²) in [4.78, 5) is 12.0. The summed E-state index contributed by atoms with van der Waals surface area (Å²) in [5.41, 5.74) is 1.24. The number of rotatable bonds is 7. The Bertz CT molecular complexity index is 604. The SMILES string of the molecule is CCCCn1ccnc1[C@H]1CCCN(Cc2csc(CC)n2)C1. The zero-order valence-corrected chi connectivity index (χ0v) is 15.2. The Morgan fingerprint density at radius 2 is 2.26 bits per heavy atom. The van der Waals surface area contributed by atoms with Crippen LogP contribution in [0.5, 0.6) is 0 Å². The highest BCUT2D eigenvalue weighted by molar-refractivity contribution is 7.09. The average Bonchev–Trinajstić information content (AvgIpc) is 3.22. The second-order valence-electron chi connectivity index (χ2n) is 6.49. The van der Waals surface area contributed by atoms with Crippen LogP contribution >= 0.6 is 11.3 Å². The molecule has 0 unspecified atom stereocenters. The van der Waals surface area contributed by atoms with Gasteiger partial charge in [-0.2, -0.15) is 0 Å². The zero-order chi connectivity index (χ0) is 16.1. The number of unbranched alkanes of at least 4 members (excludes halogenated alkanes) is 1. The number of nitrogens with zero attached hydrogens (tertiary/aromatic N) is 4. The number of hydrogen-bond acceptors (Lipinski definition) is 4. The van der Waals surface area contributed by atoms with Gasteiger partial charge in [-0.1, -0.05) is 20.3 Å². The smallest absolute Gasteiger partial charge is 0.113 e. The molecule has 1 fully saturated rings. The van der Waals surface area contributed by atoms with Crippen molar-refractivity contribution >= 4 is 11.3 Å². The minimum atomic E-state index is 0.569. The number of likely N-dealkylation sites (tertiary alicyclic amines) is 1. The van der Waals surface area contributed by atoms with E-state index in [1.54, 1.807) is 11.3 Å². The fraction of sp³-hybridized carbons (Fsp3) is 0.667. The topological polar surface area (TPSA) is 34.0 Å². The quantitative estimate of drug-likeness (QED) is 0.766. The second-order valence-corrected chi connectivity index (χ2v) is 7.44. The van der Waals surface area contributed by atoms with Gasteiger partial charge >= 0.3 is 0 Å². The van der Waals surface area contributed by atoms with Crippen LogP contribution in [0.2, 0.25) is 0 Å². The van der Waals surface area contributed by atoms with Crippen molar-refractivity contribution < 1.29 is 0 Å². The van der Waals surface area contributed by atoms with E-state index in [9.17, 15) is 0 Å². The molecule has 1 atom stereocenters. The number of aromatic nitrogens is 3. The van der Waals surface area contributed by atoms with Crippen LogP contribution in [0, 0.1) is 0 Å². The summed E-state index contributed by atoms with van der Waals surface area (Å²) in [5, 5.41) is 3.48. The van der Waals surface area contributed by atoms with Gasteiger partial charge in [0.1, 0.15) is 5.82 Å². The van der Waals surface area contributed by atoms with Crippen LogP contribution < -0.4 is 0 Å². The van der Waals surface area contributed by atoms with E-state index in [1.807, 2.05) is 6.20 Å². The molecule has 0 radical (unpaired) electrons. The maximum Gasteiger partial charge on any atom is 0.113 e. The molecule has 0 spiro atoms. The molecule has 0 aromatic carbocycles. The molecule has 2 aromatic heterocycles. The number of imidazole rings is 1. The van der Waals surface area contributed by atoms with Gasteiger partial charge in [0.15, 0.2) is 0 Å². The van der Waals surface area contributed by atoms with Crippen molar-refractivity contribution in [3.63, 3.8) is 0 Å². The number of thiazole rings is 1. The molecule has 3 rings (SSSR count). The van der Waals surface area contributed by atoms with Crippen LogP contribution in [0.3, 0.4) is 0 Å². The fourth-order valence-corrected chi connectivity index (χ4v) is 4.16. The van der Waals surface area contributed by atoms with Crippen molar-refractivity contribution in [2.24, 2.45) is 0 Å². The summed E-state index contributed by atoms with van der Waals surface area (Å²) < 4.78 is 2.37. The van der Waals surface area contributed by atoms with E-state index >= 15 is 0 Å². The minimum absolute atomic E-state index is 0.569. The van der Waals surface area contributed by atoms with E-state index in [-0.39, 0.29) is 0 Å². The Kier molecular flexibility index (Phi) is 5.84. The van der Waals surface area contributed by atoms with Gasteiger partial charge < -0.3 is 4.57 Å². The van der Waals surface area contributed by atoms with Gasteiger partial charge in [-0.3, -0.25) is 4.90 Å². The van der Waals surface area contributed by atoms with Crippen molar-refractivity contribution in [3.8, 4) is 0 Å². The molecule has 1 aliphatic heterocycles. The maximum atomic E-state index is 4.72. The minimum Gasteiger partial charge on any atom is -0.335 e. The van der Waals surface area contributed by atoms with Gasteiger partial charge in [0, 0.05) is 43.3 Å². The van der Waals surface area contributed by atoms with Crippen LogP contribution in [0.15, 0.2) is 17.8 Å². The van der Waals surface area contributed by atoms with Gasteiger partial charge in [-0.25, -0.2) is 9.97 Å². The fourth-order valence-electron chi connectivity index (χ4n) is 3.42. The molecule has 0 aliphatic carbocycles. The van der Waals surface area contributed by atoms with Crippen molar-refractivity contribution in [1.82, 2.24) is 19.4 Å². The van der Waals surface area contributed by atoms with E-state index < -0.39 is 0 Å². The van der Waals surface area contributed by atoms with Crippen molar-refractivity contribution in [2.45, 2.75) is 65.0 Å². The molecule has 3 heterocycles. The van der Waals surface area contributed by atoms with Gasteiger partial charge in [-0.05, 0) is 32.2 Å². The molecule has 4 nitrogen and oxygen atoms in total. The third kappa shape index (κ3) is 4.21. The molecule has 5 heteroatoms. The number of aryl methyl sites for hydroxylation is 2. The van der Waals surface area contributed by atoms with E-state index in [2.05, 4.69) is 39.9 Å². The molecule has 1 saturated heterocycles. The predicted molar refractivity (Wildman–Crippen MR) is 95.9 cm³/mol. The highest BCUT2D eigenvalue weighted by atomic mass is 32.1. The molecule has 0 amide bonds. The highest BCUT2D eigenvalue weighted by Gasteiger charge is 2.25. The lowest BCUT2D eigenvalue weighted by Crippen LogP contribution is -2.35. The number of hydrogen-bond donors (Lipinski definition) is 0. The molecule has 0 bridgehead atoms. The summed E-state index contributed by atoms with van der Waals surface area (Å²) in [6.45, 7) is 8.82. The zero-order valence-electron chi connectivity index (χ0n) is 14.4. The molecule has 0 N–H and O–H groups in total.